The predicted molar refractivity (Wildman–Crippen MR) is 46.4 cm³/mol. The van der Waals surface area contributed by atoms with Crippen LogP contribution in [0.3, 0.4) is 0 Å². The standard InChI is InChI=1S/C9H8F3NO/c1-13-7-5-3-2-4-6(7)8(14)9(10,11)12/h2-5,13H,1H3. The van der Waals surface area contributed by atoms with Gasteiger partial charge in [-0.05, 0) is 12.1 Å². The van der Waals surface area contributed by atoms with Crippen molar-refractivity contribution in [2.45, 2.75) is 6.18 Å². The van der Waals surface area contributed by atoms with Crippen molar-refractivity contribution in [2.24, 2.45) is 0 Å². The number of para-hydroxylation sites is 1. The van der Waals surface area contributed by atoms with Gasteiger partial charge >= 0.3 is 6.18 Å². The van der Waals surface area contributed by atoms with E-state index in [1.165, 1.54) is 19.2 Å². The first-order valence-corrected chi connectivity index (χ1v) is 3.85. The Morgan fingerprint density at radius 1 is 1.29 bits per heavy atom. The van der Waals surface area contributed by atoms with Gasteiger partial charge in [0, 0.05) is 12.7 Å². The molecule has 0 spiro atoms. The normalized spacial score (nSPS) is 11.1. The molecule has 0 aliphatic rings. The van der Waals surface area contributed by atoms with Crippen LogP contribution in [0.5, 0.6) is 0 Å². The second-order valence-corrected chi connectivity index (χ2v) is 2.62. The van der Waals surface area contributed by atoms with Crippen LogP contribution in [0.25, 0.3) is 0 Å². The minimum Gasteiger partial charge on any atom is -0.388 e. The molecule has 0 unspecified atom stereocenters. The Hall–Kier alpha value is -1.52. The van der Waals surface area contributed by atoms with Crippen molar-refractivity contribution in [3.63, 3.8) is 0 Å². The number of halogens is 3. The second kappa shape index (κ2) is 3.69. The molecule has 1 aromatic rings. The summed E-state index contributed by atoms with van der Waals surface area (Å²) in [6.07, 6.45) is -4.83. The van der Waals surface area contributed by atoms with Crippen molar-refractivity contribution < 1.29 is 18.0 Å². The number of Topliss-reactive ketones (excluding diaryl/α,β-unsaturated/α-hetero) is 1. The highest BCUT2D eigenvalue weighted by molar-refractivity contribution is 6.04. The molecule has 1 aromatic carbocycles. The molecule has 2 nitrogen and oxygen atoms in total. The Kier molecular flexibility index (Phi) is 2.78. The van der Waals surface area contributed by atoms with E-state index in [0.29, 0.717) is 0 Å². The first-order valence-electron chi connectivity index (χ1n) is 3.85. The SMILES string of the molecule is CNc1ccccc1C(=O)C(F)(F)F. The van der Waals surface area contributed by atoms with Gasteiger partial charge in [-0.3, -0.25) is 4.79 Å². The second-order valence-electron chi connectivity index (χ2n) is 2.62. The Morgan fingerprint density at radius 2 is 1.86 bits per heavy atom. The van der Waals surface area contributed by atoms with Gasteiger partial charge in [0.1, 0.15) is 0 Å². The molecule has 0 fully saturated rings. The van der Waals surface area contributed by atoms with Crippen LogP contribution in [0.15, 0.2) is 24.3 Å². The van der Waals surface area contributed by atoms with Crippen LogP contribution in [-0.4, -0.2) is 19.0 Å². The van der Waals surface area contributed by atoms with Gasteiger partial charge in [-0.25, -0.2) is 0 Å². The van der Waals surface area contributed by atoms with Gasteiger partial charge in [-0.15, -0.1) is 0 Å². The minimum atomic E-state index is -4.83. The molecule has 0 aliphatic carbocycles. The van der Waals surface area contributed by atoms with Crippen molar-refractivity contribution in [2.75, 3.05) is 12.4 Å². The van der Waals surface area contributed by atoms with E-state index in [-0.39, 0.29) is 11.3 Å². The van der Waals surface area contributed by atoms with Crippen molar-refractivity contribution >= 4 is 11.5 Å². The number of anilines is 1. The third-order valence-electron chi connectivity index (χ3n) is 1.70. The highest BCUT2D eigenvalue weighted by atomic mass is 19.4. The summed E-state index contributed by atoms with van der Waals surface area (Å²) in [6.45, 7) is 0. The largest absolute Gasteiger partial charge is 0.454 e. The smallest absolute Gasteiger partial charge is 0.388 e. The first-order chi connectivity index (χ1) is 6.46. The van der Waals surface area contributed by atoms with E-state index in [1.54, 1.807) is 6.07 Å². The van der Waals surface area contributed by atoms with Crippen LogP contribution in [0, 0.1) is 0 Å². The topological polar surface area (TPSA) is 29.1 Å². The number of carbonyl (C=O) groups excluding carboxylic acids is 1. The molecule has 0 aliphatic heterocycles. The van der Waals surface area contributed by atoms with Crippen molar-refractivity contribution in [3.8, 4) is 0 Å². The number of hydrogen-bond acceptors (Lipinski definition) is 2. The maximum Gasteiger partial charge on any atom is 0.454 e. The molecule has 76 valence electrons. The van der Waals surface area contributed by atoms with Gasteiger partial charge in [-0.2, -0.15) is 13.2 Å². The summed E-state index contributed by atoms with van der Waals surface area (Å²) >= 11 is 0. The van der Waals surface area contributed by atoms with Crippen molar-refractivity contribution in [1.29, 1.82) is 0 Å². The lowest BCUT2D eigenvalue weighted by molar-refractivity contribution is -0.0884. The summed E-state index contributed by atoms with van der Waals surface area (Å²) in [6, 6.07) is 5.50. The summed E-state index contributed by atoms with van der Waals surface area (Å²) in [5.41, 5.74) is -0.183. The first kappa shape index (κ1) is 10.6. The van der Waals surface area contributed by atoms with Gasteiger partial charge in [0.05, 0.1) is 5.56 Å². The fraction of sp³-hybridized carbons (Fsp3) is 0.222. The third-order valence-corrected chi connectivity index (χ3v) is 1.70. The average molecular weight is 203 g/mol. The lowest BCUT2D eigenvalue weighted by Gasteiger charge is -2.09. The zero-order valence-electron chi connectivity index (χ0n) is 7.35. The molecular weight excluding hydrogens is 195 g/mol. The van der Waals surface area contributed by atoms with Crippen LogP contribution in [0.1, 0.15) is 10.4 Å². The van der Waals surface area contributed by atoms with Crippen LogP contribution >= 0.6 is 0 Å². The summed E-state index contributed by atoms with van der Waals surface area (Å²) in [7, 11) is 1.46. The molecule has 0 atom stereocenters. The lowest BCUT2D eigenvalue weighted by Crippen LogP contribution is -2.23. The number of carbonyl (C=O) groups is 1. The van der Waals surface area contributed by atoms with Crippen molar-refractivity contribution in [1.82, 2.24) is 0 Å². The fourth-order valence-electron chi connectivity index (χ4n) is 1.05. The van der Waals surface area contributed by atoms with Gasteiger partial charge in [0.15, 0.2) is 0 Å². The molecule has 0 radical (unpaired) electrons. The van der Waals surface area contributed by atoms with Gasteiger partial charge < -0.3 is 5.32 Å². The monoisotopic (exact) mass is 203 g/mol. The molecule has 0 heterocycles. The Bertz CT molecular complexity index is 346. The number of hydrogen-bond donors (Lipinski definition) is 1. The highest BCUT2D eigenvalue weighted by Crippen LogP contribution is 2.25. The van der Waals surface area contributed by atoms with E-state index in [1.807, 2.05) is 0 Å². The molecular formula is C9H8F3NO. The molecule has 1 rings (SSSR count). The zero-order valence-corrected chi connectivity index (χ0v) is 7.35. The quantitative estimate of drug-likeness (QED) is 0.748. The van der Waals surface area contributed by atoms with E-state index >= 15 is 0 Å². The fourth-order valence-corrected chi connectivity index (χ4v) is 1.05. The number of rotatable bonds is 2. The summed E-state index contributed by atoms with van der Waals surface area (Å²) < 4.78 is 36.2. The molecule has 0 aromatic heterocycles. The van der Waals surface area contributed by atoms with Crippen LogP contribution in [-0.2, 0) is 0 Å². The number of benzene rings is 1. The minimum absolute atomic E-state index is 0.176. The van der Waals surface area contributed by atoms with Gasteiger partial charge in [0.2, 0.25) is 0 Å². The van der Waals surface area contributed by atoms with Crippen LogP contribution in [0.2, 0.25) is 0 Å². The Balaban J connectivity index is 3.13. The summed E-state index contributed by atoms with van der Waals surface area (Å²) in [5.74, 6) is -1.83. The van der Waals surface area contributed by atoms with E-state index in [9.17, 15) is 18.0 Å². The Morgan fingerprint density at radius 3 is 2.36 bits per heavy atom. The summed E-state index contributed by atoms with van der Waals surface area (Å²) in [5, 5.41) is 2.53. The highest BCUT2D eigenvalue weighted by Gasteiger charge is 2.40. The molecule has 5 heteroatoms. The molecule has 0 bridgehead atoms. The number of ketones is 1. The van der Waals surface area contributed by atoms with Gasteiger partial charge in [0.25, 0.3) is 5.78 Å². The van der Waals surface area contributed by atoms with E-state index in [2.05, 4.69) is 5.32 Å². The van der Waals surface area contributed by atoms with Crippen molar-refractivity contribution in [3.05, 3.63) is 29.8 Å². The maximum absolute atomic E-state index is 12.1. The van der Waals surface area contributed by atoms with E-state index in [4.69, 9.17) is 0 Å². The van der Waals surface area contributed by atoms with E-state index in [0.717, 1.165) is 6.07 Å². The maximum atomic E-state index is 12.1. The zero-order chi connectivity index (χ0) is 10.8. The number of alkyl halides is 3. The molecule has 1 N–H and O–H groups in total. The van der Waals surface area contributed by atoms with Gasteiger partial charge in [-0.1, -0.05) is 12.1 Å². The molecule has 0 saturated heterocycles. The third kappa shape index (κ3) is 2.04. The summed E-state index contributed by atoms with van der Waals surface area (Å²) in [4.78, 5) is 10.9. The van der Waals surface area contributed by atoms with Crippen LogP contribution < -0.4 is 5.32 Å². The predicted octanol–water partition coefficient (Wildman–Crippen LogP) is 2.47. The molecule has 14 heavy (non-hydrogen) atoms. The Labute approximate surface area is 78.7 Å². The number of nitrogens with one attached hydrogen (secondary N) is 1. The molecule has 0 amide bonds. The van der Waals surface area contributed by atoms with E-state index < -0.39 is 12.0 Å². The molecule has 0 saturated carbocycles. The van der Waals surface area contributed by atoms with Crippen LogP contribution in [0.4, 0.5) is 18.9 Å². The average Bonchev–Trinajstić information content (AvgIpc) is 2.15. The lowest BCUT2D eigenvalue weighted by atomic mass is 10.1.